The highest BCUT2D eigenvalue weighted by Crippen LogP contribution is 2.20. The first-order chi connectivity index (χ1) is 9.54. The molecule has 0 saturated heterocycles. The van der Waals surface area contributed by atoms with Crippen molar-refractivity contribution < 1.29 is 9.90 Å². The van der Waals surface area contributed by atoms with Crippen molar-refractivity contribution in [1.82, 2.24) is 14.7 Å². The minimum absolute atomic E-state index is 0.487. The Kier molecular flexibility index (Phi) is 4.77. The van der Waals surface area contributed by atoms with Gasteiger partial charge in [0.25, 0.3) is 0 Å². The number of carboxylic acids is 1. The molecule has 0 radical (unpaired) electrons. The Morgan fingerprint density at radius 2 is 2.30 bits per heavy atom. The fourth-order valence-corrected chi connectivity index (χ4v) is 3.25. The van der Waals surface area contributed by atoms with Crippen LogP contribution in [-0.4, -0.2) is 26.5 Å². The summed E-state index contributed by atoms with van der Waals surface area (Å²) in [4.78, 5) is 16.7. The number of aromatic nitrogens is 2. The summed E-state index contributed by atoms with van der Waals surface area (Å²) in [6.07, 6.45) is 2.59. The van der Waals surface area contributed by atoms with Crippen LogP contribution >= 0.6 is 11.3 Å². The molecule has 0 aromatic carbocycles. The van der Waals surface area contributed by atoms with Crippen molar-refractivity contribution >= 4 is 22.3 Å². The second-order valence-electron chi connectivity index (χ2n) is 5.05. The third-order valence-corrected chi connectivity index (χ3v) is 4.43. The van der Waals surface area contributed by atoms with Gasteiger partial charge in [-0.05, 0) is 20.3 Å². The van der Waals surface area contributed by atoms with Gasteiger partial charge in [-0.25, -0.2) is 4.98 Å². The molecule has 0 spiro atoms. The lowest BCUT2D eigenvalue weighted by atomic mass is 10.1. The van der Waals surface area contributed by atoms with Crippen LogP contribution in [0.5, 0.6) is 0 Å². The molecule has 2 aromatic heterocycles. The van der Waals surface area contributed by atoms with Gasteiger partial charge in [-0.3, -0.25) is 14.5 Å². The molecule has 2 aromatic rings. The van der Waals surface area contributed by atoms with Crippen molar-refractivity contribution in [3.8, 4) is 0 Å². The van der Waals surface area contributed by atoms with E-state index in [9.17, 15) is 9.90 Å². The number of thiazole rings is 1. The number of fused-ring (bicyclic) bond motifs is 1. The molecule has 6 heteroatoms. The fourth-order valence-electron chi connectivity index (χ4n) is 2.32. The number of carbonyl (C=O) groups is 1. The van der Waals surface area contributed by atoms with Crippen molar-refractivity contribution in [2.24, 2.45) is 0 Å². The van der Waals surface area contributed by atoms with Crippen LogP contribution < -0.4 is 5.32 Å². The molecule has 2 rings (SSSR count). The van der Waals surface area contributed by atoms with E-state index in [1.807, 2.05) is 13.8 Å². The van der Waals surface area contributed by atoms with Crippen molar-refractivity contribution in [2.45, 2.75) is 52.6 Å². The van der Waals surface area contributed by atoms with Crippen LogP contribution in [0, 0.1) is 13.8 Å². The van der Waals surface area contributed by atoms with Crippen LogP contribution in [0.3, 0.4) is 0 Å². The number of hydrogen-bond acceptors (Lipinski definition) is 4. The second-order valence-corrected chi connectivity index (χ2v) is 5.89. The standard InChI is InChI=1S/C14H21N3O2S/c1-4-5-6-11(13(18)19)15-7-12-10(3)16-14-17(12)9(2)8-20-14/h8,11,15H,4-7H2,1-3H3,(H,18,19). The molecule has 1 unspecified atom stereocenters. The largest absolute Gasteiger partial charge is 0.480 e. The van der Waals surface area contributed by atoms with Crippen molar-refractivity contribution in [3.05, 3.63) is 22.5 Å². The van der Waals surface area contributed by atoms with Crippen LogP contribution in [-0.2, 0) is 11.3 Å². The molecule has 1 atom stereocenters. The topological polar surface area (TPSA) is 66.6 Å². The Labute approximate surface area is 122 Å². The summed E-state index contributed by atoms with van der Waals surface area (Å²) >= 11 is 1.61. The maximum absolute atomic E-state index is 11.2. The molecule has 0 amide bonds. The quantitative estimate of drug-likeness (QED) is 0.824. The SMILES string of the molecule is CCCCC(NCc1c(C)nc2scc(C)n12)C(=O)O. The monoisotopic (exact) mass is 295 g/mol. The third kappa shape index (κ3) is 3.02. The Bertz CT molecular complexity index is 603. The van der Waals surface area contributed by atoms with Gasteiger partial charge in [0.15, 0.2) is 4.96 Å². The zero-order valence-corrected chi connectivity index (χ0v) is 13.0. The molecular formula is C14H21N3O2S. The highest BCUT2D eigenvalue weighted by Gasteiger charge is 2.18. The van der Waals surface area contributed by atoms with Crippen LogP contribution in [0.4, 0.5) is 0 Å². The minimum Gasteiger partial charge on any atom is -0.480 e. The minimum atomic E-state index is -0.779. The number of carboxylic acid groups (broad SMARTS) is 1. The lowest BCUT2D eigenvalue weighted by molar-refractivity contribution is -0.139. The molecule has 0 fully saturated rings. The predicted molar refractivity (Wildman–Crippen MR) is 80.3 cm³/mol. The maximum Gasteiger partial charge on any atom is 0.320 e. The third-order valence-electron chi connectivity index (χ3n) is 3.49. The normalized spacial score (nSPS) is 12.9. The molecular weight excluding hydrogens is 274 g/mol. The molecule has 20 heavy (non-hydrogen) atoms. The van der Waals surface area contributed by atoms with Gasteiger partial charge in [-0.2, -0.15) is 0 Å². The van der Waals surface area contributed by atoms with Gasteiger partial charge >= 0.3 is 5.97 Å². The Morgan fingerprint density at radius 3 is 2.95 bits per heavy atom. The molecule has 2 N–H and O–H groups in total. The number of aliphatic carboxylic acids is 1. The lowest BCUT2D eigenvalue weighted by Crippen LogP contribution is -2.36. The van der Waals surface area contributed by atoms with Crippen LogP contribution in [0.1, 0.15) is 43.3 Å². The van der Waals surface area contributed by atoms with Crippen molar-refractivity contribution in [1.29, 1.82) is 0 Å². The average molecular weight is 295 g/mol. The number of hydrogen-bond donors (Lipinski definition) is 2. The number of nitrogens with one attached hydrogen (secondary N) is 1. The van der Waals surface area contributed by atoms with E-state index >= 15 is 0 Å². The number of nitrogens with zero attached hydrogens (tertiary/aromatic N) is 2. The van der Waals surface area contributed by atoms with E-state index in [-0.39, 0.29) is 0 Å². The van der Waals surface area contributed by atoms with Crippen molar-refractivity contribution in [2.75, 3.05) is 0 Å². The highest BCUT2D eigenvalue weighted by atomic mass is 32.1. The number of aryl methyl sites for hydroxylation is 2. The smallest absolute Gasteiger partial charge is 0.320 e. The molecule has 0 aliphatic rings. The van der Waals surface area contributed by atoms with Gasteiger partial charge in [-0.1, -0.05) is 19.8 Å². The van der Waals surface area contributed by atoms with Gasteiger partial charge in [-0.15, -0.1) is 11.3 Å². The van der Waals surface area contributed by atoms with Gasteiger partial charge in [0, 0.05) is 17.6 Å². The first-order valence-electron chi connectivity index (χ1n) is 6.92. The predicted octanol–water partition coefficient (Wildman–Crippen LogP) is 2.75. The Morgan fingerprint density at radius 1 is 1.55 bits per heavy atom. The lowest BCUT2D eigenvalue weighted by Gasteiger charge is -2.14. The average Bonchev–Trinajstić information content (AvgIpc) is 2.90. The summed E-state index contributed by atoms with van der Waals surface area (Å²) < 4.78 is 2.10. The van der Waals surface area contributed by atoms with E-state index < -0.39 is 12.0 Å². The molecule has 5 nitrogen and oxygen atoms in total. The number of rotatable bonds is 7. The number of imidazole rings is 1. The van der Waals surface area contributed by atoms with Gasteiger partial charge in [0.05, 0.1) is 11.4 Å². The van der Waals surface area contributed by atoms with Gasteiger partial charge in [0.2, 0.25) is 0 Å². The summed E-state index contributed by atoms with van der Waals surface area (Å²) in [6, 6.07) is -0.487. The summed E-state index contributed by atoms with van der Waals surface area (Å²) in [5, 5.41) is 14.5. The van der Waals surface area contributed by atoms with E-state index in [1.165, 1.54) is 0 Å². The molecule has 0 bridgehead atoms. The zero-order valence-electron chi connectivity index (χ0n) is 12.1. The highest BCUT2D eigenvalue weighted by molar-refractivity contribution is 7.15. The summed E-state index contributed by atoms with van der Waals surface area (Å²) in [6.45, 7) is 6.61. The van der Waals surface area contributed by atoms with E-state index in [1.54, 1.807) is 11.3 Å². The fraction of sp³-hybridized carbons (Fsp3) is 0.571. The number of unbranched alkanes of at least 4 members (excludes halogenated alkanes) is 1. The zero-order chi connectivity index (χ0) is 14.7. The van der Waals surface area contributed by atoms with Gasteiger partial charge < -0.3 is 5.11 Å². The second kappa shape index (κ2) is 6.37. The summed E-state index contributed by atoms with van der Waals surface area (Å²) in [5.41, 5.74) is 3.16. The molecule has 0 aliphatic carbocycles. The maximum atomic E-state index is 11.2. The first kappa shape index (κ1) is 15.0. The molecule has 110 valence electrons. The summed E-state index contributed by atoms with van der Waals surface area (Å²) in [7, 11) is 0. The van der Waals surface area contributed by atoms with E-state index in [4.69, 9.17) is 0 Å². The van der Waals surface area contributed by atoms with E-state index in [2.05, 4.69) is 27.0 Å². The van der Waals surface area contributed by atoms with Crippen LogP contribution in [0.25, 0.3) is 4.96 Å². The van der Waals surface area contributed by atoms with E-state index in [0.717, 1.165) is 34.9 Å². The van der Waals surface area contributed by atoms with Crippen LogP contribution in [0.2, 0.25) is 0 Å². The molecule has 2 heterocycles. The summed E-state index contributed by atoms with van der Waals surface area (Å²) in [5.74, 6) is -0.779. The molecule has 0 saturated carbocycles. The first-order valence-corrected chi connectivity index (χ1v) is 7.80. The Balaban J connectivity index is 2.13. The van der Waals surface area contributed by atoms with Gasteiger partial charge in [0.1, 0.15) is 6.04 Å². The molecule has 0 aliphatic heterocycles. The van der Waals surface area contributed by atoms with Crippen molar-refractivity contribution in [3.63, 3.8) is 0 Å². The Hall–Kier alpha value is -1.40. The van der Waals surface area contributed by atoms with Crippen LogP contribution in [0.15, 0.2) is 5.38 Å². The van der Waals surface area contributed by atoms with E-state index in [0.29, 0.717) is 13.0 Å².